The van der Waals surface area contributed by atoms with Crippen LogP contribution in [0, 0.1) is 26.2 Å². The van der Waals surface area contributed by atoms with Crippen LogP contribution < -0.4 is 4.74 Å². The number of rotatable bonds is 6. The van der Waals surface area contributed by atoms with Crippen molar-refractivity contribution in [1.82, 2.24) is 0 Å². The molecule has 0 saturated carbocycles. The molecule has 4 nitrogen and oxygen atoms in total. The van der Waals surface area contributed by atoms with E-state index in [9.17, 15) is 9.90 Å². The van der Waals surface area contributed by atoms with Gasteiger partial charge in [0.1, 0.15) is 11.5 Å². The molecule has 3 aromatic rings. The van der Waals surface area contributed by atoms with E-state index >= 15 is 0 Å². The molecule has 0 unspecified atom stereocenters. The largest absolute Gasteiger partial charge is 0.507 e. The lowest BCUT2D eigenvalue weighted by atomic mass is 9.68. The van der Waals surface area contributed by atoms with Crippen LogP contribution in [0.1, 0.15) is 66.0 Å². The van der Waals surface area contributed by atoms with Gasteiger partial charge in [-0.1, -0.05) is 31.2 Å². The van der Waals surface area contributed by atoms with Crippen molar-refractivity contribution in [1.29, 1.82) is 0 Å². The third-order valence-corrected chi connectivity index (χ3v) is 8.00. The molecule has 1 aliphatic carbocycles. The zero-order valence-electron chi connectivity index (χ0n) is 21.2. The van der Waals surface area contributed by atoms with Crippen molar-refractivity contribution < 1.29 is 19.4 Å². The van der Waals surface area contributed by atoms with Crippen LogP contribution in [0.3, 0.4) is 0 Å². The van der Waals surface area contributed by atoms with E-state index in [1.807, 2.05) is 51.1 Å². The van der Waals surface area contributed by atoms with Gasteiger partial charge >= 0.3 is 5.97 Å². The Hall–Kier alpha value is -3.01. The first-order chi connectivity index (χ1) is 16.1. The minimum Gasteiger partial charge on any atom is -0.507 e. The van der Waals surface area contributed by atoms with E-state index in [-0.39, 0.29) is 17.3 Å². The summed E-state index contributed by atoms with van der Waals surface area (Å²) in [6.45, 7) is 10.8. The van der Waals surface area contributed by atoms with E-state index in [1.54, 1.807) is 7.11 Å². The molecule has 0 heterocycles. The van der Waals surface area contributed by atoms with Crippen molar-refractivity contribution in [3.8, 4) is 11.5 Å². The molecule has 4 rings (SSSR count). The number of phenols is 1. The predicted octanol–water partition coefficient (Wildman–Crippen LogP) is 6.71. The number of aromatic hydroxyl groups is 1. The van der Waals surface area contributed by atoms with E-state index < -0.39 is 0 Å². The lowest BCUT2D eigenvalue weighted by Gasteiger charge is -2.37. The highest BCUT2D eigenvalue weighted by Crippen LogP contribution is 2.43. The molecule has 0 spiro atoms. The summed E-state index contributed by atoms with van der Waals surface area (Å²) >= 11 is 0. The van der Waals surface area contributed by atoms with Gasteiger partial charge in [0, 0.05) is 0 Å². The van der Waals surface area contributed by atoms with Gasteiger partial charge in [-0.25, -0.2) is 0 Å². The molecule has 4 heteroatoms. The van der Waals surface area contributed by atoms with Gasteiger partial charge in [-0.15, -0.1) is 0 Å². The normalized spacial score (nSPS) is 18.4. The third-order valence-electron chi connectivity index (χ3n) is 8.00. The Bertz CT molecular complexity index is 1240. The minimum absolute atomic E-state index is 0.0825. The zero-order valence-corrected chi connectivity index (χ0v) is 21.2. The number of fused-ring (bicyclic) bond motifs is 2. The van der Waals surface area contributed by atoms with Crippen LogP contribution in [0.25, 0.3) is 10.8 Å². The summed E-state index contributed by atoms with van der Waals surface area (Å²) in [4.78, 5) is 12.8. The number of ether oxygens (including phenoxy) is 2. The van der Waals surface area contributed by atoms with Gasteiger partial charge in [-0.3, -0.25) is 4.79 Å². The molecule has 0 aliphatic heterocycles. The molecule has 0 saturated heterocycles. The van der Waals surface area contributed by atoms with Crippen LogP contribution in [-0.2, 0) is 22.4 Å². The van der Waals surface area contributed by atoms with Crippen LogP contribution in [0.4, 0.5) is 0 Å². The number of esters is 1. The van der Waals surface area contributed by atoms with Crippen molar-refractivity contribution in [3.05, 3.63) is 69.8 Å². The fraction of sp³-hybridized carbons (Fsp3) is 0.433. The van der Waals surface area contributed by atoms with Crippen LogP contribution in [0.15, 0.2) is 36.4 Å². The summed E-state index contributed by atoms with van der Waals surface area (Å²) in [5, 5.41) is 12.6. The molecule has 2 atom stereocenters. The van der Waals surface area contributed by atoms with Gasteiger partial charge in [0.05, 0.1) is 19.6 Å². The Morgan fingerprint density at radius 1 is 1.03 bits per heavy atom. The second-order valence-electron chi connectivity index (χ2n) is 10.3. The highest BCUT2D eigenvalue weighted by atomic mass is 16.5. The first-order valence-corrected chi connectivity index (χ1v) is 12.2. The average Bonchev–Trinajstić information content (AvgIpc) is 2.84. The fourth-order valence-corrected chi connectivity index (χ4v) is 5.31. The number of methoxy groups -OCH3 is 1. The fourth-order valence-electron chi connectivity index (χ4n) is 5.31. The van der Waals surface area contributed by atoms with Gasteiger partial charge < -0.3 is 14.6 Å². The Morgan fingerprint density at radius 2 is 1.74 bits per heavy atom. The summed E-state index contributed by atoms with van der Waals surface area (Å²) < 4.78 is 11.1. The maximum absolute atomic E-state index is 12.8. The monoisotopic (exact) mass is 460 g/mol. The topological polar surface area (TPSA) is 55.8 Å². The molecule has 1 N–H and O–H groups in total. The maximum atomic E-state index is 12.8. The predicted molar refractivity (Wildman–Crippen MR) is 137 cm³/mol. The van der Waals surface area contributed by atoms with Crippen LogP contribution in [0.5, 0.6) is 11.5 Å². The van der Waals surface area contributed by atoms with Crippen LogP contribution in [-0.4, -0.2) is 24.8 Å². The van der Waals surface area contributed by atoms with E-state index in [2.05, 4.69) is 19.9 Å². The number of carbonyl (C=O) groups is 1. The van der Waals surface area contributed by atoms with Gasteiger partial charge in [-0.05, 0) is 115 Å². The first-order valence-electron chi connectivity index (χ1n) is 12.2. The summed E-state index contributed by atoms with van der Waals surface area (Å²) in [6, 6.07) is 12.0. The summed E-state index contributed by atoms with van der Waals surface area (Å²) in [5.74, 6) is 0.766. The molecule has 0 fully saturated rings. The molecule has 0 aromatic heterocycles. The average molecular weight is 461 g/mol. The van der Waals surface area contributed by atoms with Crippen LogP contribution in [0.2, 0.25) is 0 Å². The molecule has 180 valence electrons. The molecule has 3 aromatic carbocycles. The van der Waals surface area contributed by atoms with Gasteiger partial charge in [0.25, 0.3) is 0 Å². The molecule has 1 aliphatic rings. The number of hydrogen-bond donors (Lipinski definition) is 1. The first kappa shape index (κ1) is 24.1. The third kappa shape index (κ3) is 4.51. The number of phenolic OH excluding ortho intramolecular Hbond substituents is 1. The Kier molecular flexibility index (Phi) is 6.62. The zero-order chi connectivity index (χ0) is 24.6. The van der Waals surface area contributed by atoms with E-state index in [0.29, 0.717) is 12.4 Å². The van der Waals surface area contributed by atoms with Gasteiger partial charge in [0.2, 0.25) is 0 Å². The number of benzene rings is 3. The molecule has 0 bridgehead atoms. The van der Waals surface area contributed by atoms with E-state index in [0.717, 1.165) is 58.9 Å². The number of carbonyl (C=O) groups excluding carboxylic acids is 1. The van der Waals surface area contributed by atoms with Crippen molar-refractivity contribution in [3.63, 3.8) is 0 Å². The van der Waals surface area contributed by atoms with Crippen LogP contribution >= 0.6 is 0 Å². The smallest absolute Gasteiger partial charge is 0.313 e. The lowest BCUT2D eigenvalue weighted by molar-refractivity contribution is -0.145. The van der Waals surface area contributed by atoms with Crippen molar-refractivity contribution in [2.75, 3.05) is 13.7 Å². The molecular weight excluding hydrogens is 424 g/mol. The Labute approximate surface area is 202 Å². The van der Waals surface area contributed by atoms with Gasteiger partial charge in [0.15, 0.2) is 0 Å². The molecule has 0 amide bonds. The maximum Gasteiger partial charge on any atom is 0.313 e. The van der Waals surface area contributed by atoms with Crippen molar-refractivity contribution in [2.45, 2.75) is 66.2 Å². The van der Waals surface area contributed by atoms with Crippen molar-refractivity contribution in [2.24, 2.45) is 5.41 Å². The highest BCUT2D eigenvalue weighted by Gasteiger charge is 2.33. The second kappa shape index (κ2) is 9.32. The van der Waals surface area contributed by atoms with E-state index in [1.165, 1.54) is 16.7 Å². The summed E-state index contributed by atoms with van der Waals surface area (Å²) in [6.07, 6.45) is 3.78. The molecular formula is C30H36O4. The second-order valence-corrected chi connectivity index (χ2v) is 10.3. The minimum atomic E-state index is -0.318. The summed E-state index contributed by atoms with van der Waals surface area (Å²) in [7, 11) is 1.66. The number of hydrogen-bond acceptors (Lipinski definition) is 4. The standard InChI is InChI=1S/C30H36O4/c1-18-19(2)28(31)21(4)26-11-12-30(5,17-27(18)26)13-14-34-29(32)20(3)22-7-8-24-16-25(33-6)10-9-23(24)15-22/h7-10,15-16,20,31H,11-14,17H2,1-6H3/t20-,30+/m0/s1. The highest BCUT2D eigenvalue weighted by molar-refractivity contribution is 5.86. The SMILES string of the molecule is COc1ccc2cc([C@H](C)C(=O)OCC[C@@]3(C)CCc4c(C)c(O)c(C)c(C)c4C3)ccc2c1. The lowest BCUT2D eigenvalue weighted by Crippen LogP contribution is -2.29. The summed E-state index contributed by atoms with van der Waals surface area (Å²) in [5.41, 5.74) is 6.92. The Balaban J connectivity index is 1.40. The molecule has 0 radical (unpaired) electrons. The van der Waals surface area contributed by atoms with Crippen molar-refractivity contribution >= 4 is 16.7 Å². The quantitative estimate of drug-likeness (QED) is 0.415. The van der Waals surface area contributed by atoms with E-state index in [4.69, 9.17) is 9.47 Å². The Morgan fingerprint density at radius 3 is 2.47 bits per heavy atom. The van der Waals surface area contributed by atoms with Gasteiger partial charge in [-0.2, -0.15) is 0 Å². The molecule has 34 heavy (non-hydrogen) atoms.